The third-order valence-electron chi connectivity index (χ3n) is 4.72. The summed E-state index contributed by atoms with van der Waals surface area (Å²) >= 11 is 0. The summed E-state index contributed by atoms with van der Waals surface area (Å²) in [5, 5.41) is 21.5. The van der Waals surface area contributed by atoms with E-state index in [2.05, 4.69) is 0 Å². The molecule has 0 heterocycles. The molecule has 3 rings (SSSR count). The topological polar surface area (TPSA) is 77.8 Å². The van der Waals surface area contributed by atoms with Crippen LogP contribution in [0.2, 0.25) is 0 Å². The largest absolute Gasteiger partial charge is 0.507 e. The van der Waals surface area contributed by atoms with Gasteiger partial charge in [-0.25, -0.2) is 4.79 Å². The molecule has 3 aromatic carbocycles. The van der Waals surface area contributed by atoms with Crippen LogP contribution in [0.3, 0.4) is 0 Å². The van der Waals surface area contributed by atoms with E-state index < -0.39 is 11.8 Å². The number of aromatic hydroxyl groups is 1. The van der Waals surface area contributed by atoms with Crippen LogP contribution in [0, 0.1) is 0 Å². The number of hydrogen-bond donors (Lipinski definition) is 2. The fourth-order valence-electron chi connectivity index (χ4n) is 3.25. The number of anilines is 1. The number of aromatic carboxylic acids is 1. The fourth-order valence-corrected chi connectivity index (χ4v) is 3.25. The number of ketones is 1. The van der Waals surface area contributed by atoms with Crippen LogP contribution in [0.25, 0.3) is 10.8 Å². The quantitative estimate of drug-likeness (QED) is 0.638. The number of carboxylic acids is 1. The summed E-state index contributed by atoms with van der Waals surface area (Å²) in [5.41, 5.74) is 0.882. The number of hydrogen-bond acceptors (Lipinski definition) is 4. The zero-order chi connectivity index (χ0) is 19.6. The fraction of sp³-hybridized carbons (Fsp3) is 0.182. The molecule has 0 saturated carbocycles. The van der Waals surface area contributed by atoms with Crippen LogP contribution in [0.1, 0.15) is 40.1 Å². The van der Waals surface area contributed by atoms with E-state index in [9.17, 15) is 19.8 Å². The zero-order valence-electron chi connectivity index (χ0n) is 15.3. The van der Waals surface area contributed by atoms with Crippen molar-refractivity contribution in [2.75, 3.05) is 18.0 Å². The molecule has 0 atom stereocenters. The third kappa shape index (κ3) is 3.49. The molecule has 0 aliphatic carbocycles. The Morgan fingerprint density at radius 2 is 1.44 bits per heavy atom. The SMILES string of the molecule is CCN(CC)c1ccc(C(=O)c2cc3ccccc3cc2C(=O)O)c(O)c1. The van der Waals surface area contributed by atoms with Gasteiger partial charge in [-0.1, -0.05) is 24.3 Å². The highest BCUT2D eigenvalue weighted by molar-refractivity contribution is 6.17. The lowest BCUT2D eigenvalue weighted by Crippen LogP contribution is -2.21. The van der Waals surface area contributed by atoms with Crippen molar-refractivity contribution in [1.29, 1.82) is 0 Å². The minimum absolute atomic E-state index is 0.0621. The standard InChI is InChI=1S/C22H21NO4/c1-3-23(4-2)16-9-10-17(20(24)13-16)21(25)18-11-14-7-5-6-8-15(14)12-19(18)22(26)27/h5-13,24H,3-4H2,1-2H3,(H,26,27). The Balaban J connectivity index is 2.10. The summed E-state index contributed by atoms with van der Waals surface area (Å²) in [5.74, 6) is -1.85. The Kier molecular flexibility index (Phi) is 5.12. The number of benzene rings is 3. The molecule has 0 fully saturated rings. The highest BCUT2D eigenvalue weighted by Gasteiger charge is 2.22. The van der Waals surface area contributed by atoms with E-state index in [0.717, 1.165) is 29.5 Å². The smallest absolute Gasteiger partial charge is 0.336 e. The molecular weight excluding hydrogens is 342 g/mol. The summed E-state index contributed by atoms with van der Waals surface area (Å²) in [6.45, 7) is 5.57. The molecule has 5 heteroatoms. The van der Waals surface area contributed by atoms with E-state index in [1.807, 2.05) is 36.9 Å². The van der Waals surface area contributed by atoms with Gasteiger partial charge in [0.05, 0.1) is 11.1 Å². The minimum Gasteiger partial charge on any atom is -0.507 e. The Hall–Kier alpha value is -3.34. The van der Waals surface area contributed by atoms with Gasteiger partial charge in [-0.3, -0.25) is 4.79 Å². The van der Waals surface area contributed by atoms with E-state index in [1.54, 1.807) is 30.3 Å². The van der Waals surface area contributed by atoms with Crippen molar-refractivity contribution in [3.05, 3.63) is 71.3 Å². The summed E-state index contributed by atoms with van der Waals surface area (Å²) in [6.07, 6.45) is 0. The Morgan fingerprint density at radius 1 is 0.852 bits per heavy atom. The van der Waals surface area contributed by atoms with Crippen LogP contribution in [-0.4, -0.2) is 35.1 Å². The summed E-state index contributed by atoms with van der Waals surface area (Å²) in [6, 6.07) is 15.2. The van der Waals surface area contributed by atoms with E-state index in [1.165, 1.54) is 6.07 Å². The second kappa shape index (κ2) is 7.50. The normalized spacial score (nSPS) is 10.7. The lowest BCUT2D eigenvalue weighted by molar-refractivity contribution is 0.0693. The molecule has 0 spiro atoms. The molecule has 0 bridgehead atoms. The summed E-state index contributed by atoms with van der Waals surface area (Å²) in [4.78, 5) is 26.8. The van der Waals surface area contributed by atoms with Crippen LogP contribution in [0.5, 0.6) is 5.75 Å². The Labute approximate surface area is 157 Å². The molecule has 0 radical (unpaired) electrons. The maximum atomic E-state index is 13.0. The van der Waals surface area contributed by atoms with Gasteiger partial charge >= 0.3 is 5.97 Å². The number of nitrogens with zero attached hydrogens (tertiary/aromatic N) is 1. The maximum Gasteiger partial charge on any atom is 0.336 e. The molecule has 0 amide bonds. The molecule has 0 saturated heterocycles. The molecular formula is C22H21NO4. The van der Waals surface area contributed by atoms with Gasteiger partial charge in [-0.05, 0) is 48.9 Å². The number of carbonyl (C=O) groups is 2. The third-order valence-corrected chi connectivity index (χ3v) is 4.72. The van der Waals surface area contributed by atoms with Crippen LogP contribution < -0.4 is 4.90 Å². The van der Waals surface area contributed by atoms with Crippen molar-refractivity contribution in [3.8, 4) is 5.75 Å². The van der Waals surface area contributed by atoms with Crippen LogP contribution >= 0.6 is 0 Å². The molecule has 27 heavy (non-hydrogen) atoms. The summed E-state index contributed by atoms with van der Waals surface area (Å²) < 4.78 is 0. The van der Waals surface area contributed by atoms with Gasteiger partial charge in [0, 0.05) is 30.4 Å². The molecule has 0 aliphatic heterocycles. The first kappa shape index (κ1) is 18.5. The molecule has 0 aliphatic rings. The first-order valence-corrected chi connectivity index (χ1v) is 8.85. The van der Waals surface area contributed by atoms with Gasteiger partial charge in [-0.2, -0.15) is 0 Å². The number of carbonyl (C=O) groups excluding carboxylic acids is 1. The average Bonchev–Trinajstić information content (AvgIpc) is 2.67. The maximum absolute atomic E-state index is 13.0. The molecule has 3 aromatic rings. The Bertz CT molecular complexity index is 1020. The molecule has 0 aromatic heterocycles. The van der Waals surface area contributed by atoms with Crippen molar-refractivity contribution < 1.29 is 19.8 Å². The lowest BCUT2D eigenvalue weighted by Gasteiger charge is -2.21. The molecule has 138 valence electrons. The van der Waals surface area contributed by atoms with Crippen LogP contribution in [0.4, 0.5) is 5.69 Å². The van der Waals surface area contributed by atoms with Crippen molar-refractivity contribution in [2.24, 2.45) is 0 Å². The second-order valence-corrected chi connectivity index (χ2v) is 6.25. The van der Waals surface area contributed by atoms with E-state index in [0.29, 0.717) is 0 Å². The van der Waals surface area contributed by atoms with Gasteiger partial charge in [-0.15, -0.1) is 0 Å². The van der Waals surface area contributed by atoms with Gasteiger partial charge in [0.15, 0.2) is 5.78 Å². The average molecular weight is 363 g/mol. The lowest BCUT2D eigenvalue weighted by atomic mass is 9.94. The zero-order valence-corrected chi connectivity index (χ0v) is 15.3. The monoisotopic (exact) mass is 363 g/mol. The second-order valence-electron chi connectivity index (χ2n) is 6.25. The predicted octanol–water partition coefficient (Wildman–Crippen LogP) is 4.32. The summed E-state index contributed by atoms with van der Waals surface area (Å²) in [7, 11) is 0. The number of rotatable bonds is 6. The van der Waals surface area contributed by atoms with Crippen molar-refractivity contribution in [1.82, 2.24) is 0 Å². The first-order valence-electron chi connectivity index (χ1n) is 8.85. The number of fused-ring (bicyclic) bond motifs is 1. The molecule has 5 nitrogen and oxygen atoms in total. The number of carboxylic acid groups (broad SMARTS) is 1. The Morgan fingerprint density at radius 3 is 1.96 bits per heavy atom. The highest BCUT2D eigenvalue weighted by Crippen LogP contribution is 2.29. The van der Waals surface area contributed by atoms with Crippen LogP contribution in [-0.2, 0) is 0 Å². The van der Waals surface area contributed by atoms with Crippen molar-refractivity contribution >= 4 is 28.2 Å². The number of phenols is 1. The van der Waals surface area contributed by atoms with E-state index >= 15 is 0 Å². The highest BCUT2D eigenvalue weighted by atomic mass is 16.4. The molecule has 0 unspecified atom stereocenters. The molecule has 2 N–H and O–H groups in total. The number of phenolic OH excluding ortho intramolecular Hbond substituents is 1. The van der Waals surface area contributed by atoms with Crippen LogP contribution in [0.15, 0.2) is 54.6 Å². The van der Waals surface area contributed by atoms with Crippen molar-refractivity contribution in [3.63, 3.8) is 0 Å². The van der Waals surface area contributed by atoms with Gasteiger partial charge in [0.1, 0.15) is 5.75 Å². The first-order chi connectivity index (χ1) is 13.0. The van der Waals surface area contributed by atoms with Gasteiger partial charge in [0.25, 0.3) is 0 Å². The van der Waals surface area contributed by atoms with Gasteiger partial charge in [0.2, 0.25) is 0 Å². The minimum atomic E-state index is -1.18. The van der Waals surface area contributed by atoms with Crippen molar-refractivity contribution in [2.45, 2.75) is 13.8 Å². The van der Waals surface area contributed by atoms with E-state index in [4.69, 9.17) is 0 Å². The predicted molar refractivity (Wildman–Crippen MR) is 106 cm³/mol. The van der Waals surface area contributed by atoms with Gasteiger partial charge < -0.3 is 15.1 Å². The van der Waals surface area contributed by atoms with E-state index in [-0.39, 0.29) is 22.4 Å².